The zero-order chi connectivity index (χ0) is 38.4. The van der Waals surface area contributed by atoms with Crippen molar-refractivity contribution in [1.29, 1.82) is 0 Å². The van der Waals surface area contributed by atoms with Crippen molar-refractivity contribution in [3.63, 3.8) is 0 Å². The molecule has 0 spiro atoms. The minimum Gasteiger partial charge on any atom is -0.455 e. The molecular weight excluding hydrogens is 703 g/mol. The fraction of sp³-hybridized carbons (Fsp3) is 0. The van der Waals surface area contributed by atoms with Crippen LogP contribution in [0.3, 0.4) is 0 Å². The fourth-order valence-electron chi connectivity index (χ4n) is 8.69. The Labute approximate surface area is 337 Å². The van der Waals surface area contributed by atoms with Crippen molar-refractivity contribution in [2.45, 2.75) is 0 Å². The van der Waals surface area contributed by atoms with Gasteiger partial charge in [-0.05, 0) is 79.9 Å². The second-order valence-corrected chi connectivity index (χ2v) is 14.8. The number of anilines is 3. The number of hydrogen-bond acceptors (Lipinski definition) is 2. The van der Waals surface area contributed by atoms with E-state index in [0.717, 1.165) is 66.8 Å². The van der Waals surface area contributed by atoms with Crippen molar-refractivity contribution in [3.05, 3.63) is 224 Å². The molecule has 2 heteroatoms. The van der Waals surface area contributed by atoms with Crippen LogP contribution in [0.4, 0.5) is 17.1 Å². The minimum atomic E-state index is 0.859. The number of furan rings is 1. The van der Waals surface area contributed by atoms with Crippen LogP contribution >= 0.6 is 0 Å². The Morgan fingerprint density at radius 2 is 0.845 bits per heavy atom. The zero-order valence-corrected chi connectivity index (χ0v) is 31.7. The maximum atomic E-state index is 6.94. The van der Waals surface area contributed by atoms with E-state index in [9.17, 15) is 0 Å². The van der Waals surface area contributed by atoms with Gasteiger partial charge in [-0.3, -0.25) is 0 Å². The van der Waals surface area contributed by atoms with E-state index in [-0.39, 0.29) is 0 Å². The van der Waals surface area contributed by atoms with Crippen molar-refractivity contribution in [2.24, 2.45) is 0 Å². The molecule has 0 aliphatic rings. The third-order valence-electron chi connectivity index (χ3n) is 11.5. The van der Waals surface area contributed by atoms with Gasteiger partial charge in [-0.1, -0.05) is 194 Å². The summed E-state index contributed by atoms with van der Waals surface area (Å²) >= 11 is 0. The largest absolute Gasteiger partial charge is 0.455 e. The van der Waals surface area contributed by atoms with E-state index in [1.807, 2.05) is 0 Å². The molecule has 0 saturated heterocycles. The lowest BCUT2D eigenvalue weighted by Gasteiger charge is -2.30. The molecule has 0 bridgehead atoms. The Balaban J connectivity index is 1.23. The SMILES string of the molecule is c1ccc(-c2ccc(-c3ccc(N(c4cc(-c5ccccc5)ccc4-c4ccccc4)c4cccc5c4ccc4ccccc45)c4c3oc3ccccc34)cc2)cc1. The molecule has 58 heavy (non-hydrogen) atoms. The van der Waals surface area contributed by atoms with Crippen molar-refractivity contribution in [3.8, 4) is 44.5 Å². The highest BCUT2D eigenvalue weighted by molar-refractivity contribution is 6.20. The molecule has 11 aromatic rings. The van der Waals surface area contributed by atoms with Gasteiger partial charge >= 0.3 is 0 Å². The van der Waals surface area contributed by atoms with E-state index < -0.39 is 0 Å². The van der Waals surface area contributed by atoms with Crippen LogP contribution in [-0.4, -0.2) is 0 Å². The molecule has 1 heterocycles. The van der Waals surface area contributed by atoms with E-state index in [0.29, 0.717) is 0 Å². The maximum Gasteiger partial charge on any atom is 0.145 e. The molecule has 2 nitrogen and oxygen atoms in total. The minimum absolute atomic E-state index is 0.859. The molecule has 1 aromatic heterocycles. The molecule has 0 aliphatic heterocycles. The number of benzene rings is 10. The van der Waals surface area contributed by atoms with Crippen LogP contribution in [0.5, 0.6) is 0 Å². The van der Waals surface area contributed by atoms with Crippen LogP contribution in [0.15, 0.2) is 229 Å². The highest BCUT2D eigenvalue weighted by Crippen LogP contribution is 2.50. The number of rotatable bonds is 7. The van der Waals surface area contributed by atoms with Crippen LogP contribution in [0.2, 0.25) is 0 Å². The number of nitrogens with zero attached hydrogens (tertiary/aromatic N) is 1. The lowest BCUT2D eigenvalue weighted by atomic mass is 9.94. The van der Waals surface area contributed by atoms with Gasteiger partial charge in [-0.2, -0.15) is 0 Å². The summed E-state index contributed by atoms with van der Waals surface area (Å²) in [6.07, 6.45) is 0. The van der Waals surface area contributed by atoms with Crippen molar-refractivity contribution in [1.82, 2.24) is 0 Å². The maximum absolute atomic E-state index is 6.94. The van der Waals surface area contributed by atoms with Crippen LogP contribution in [0, 0.1) is 0 Å². The Morgan fingerprint density at radius 1 is 0.293 bits per heavy atom. The molecule has 0 aliphatic carbocycles. The second kappa shape index (κ2) is 14.1. The molecule has 0 radical (unpaired) electrons. The molecule has 0 N–H and O–H groups in total. The molecule has 0 fully saturated rings. The van der Waals surface area contributed by atoms with E-state index in [1.54, 1.807) is 0 Å². The predicted molar refractivity (Wildman–Crippen MR) is 245 cm³/mol. The Bertz CT molecular complexity index is 3260. The summed E-state index contributed by atoms with van der Waals surface area (Å²) in [5.74, 6) is 0. The summed E-state index contributed by atoms with van der Waals surface area (Å²) in [6, 6.07) is 80.7. The first-order chi connectivity index (χ1) is 28.8. The van der Waals surface area contributed by atoms with Gasteiger partial charge in [0.2, 0.25) is 0 Å². The van der Waals surface area contributed by atoms with Gasteiger partial charge in [-0.15, -0.1) is 0 Å². The smallest absolute Gasteiger partial charge is 0.145 e. The van der Waals surface area contributed by atoms with Gasteiger partial charge in [0.15, 0.2) is 0 Å². The second-order valence-electron chi connectivity index (χ2n) is 14.8. The van der Waals surface area contributed by atoms with Crippen LogP contribution < -0.4 is 4.90 Å². The summed E-state index contributed by atoms with van der Waals surface area (Å²) in [7, 11) is 0. The van der Waals surface area contributed by atoms with Gasteiger partial charge in [0, 0.05) is 21.9 Å². The normalized spacial score (nSPS) is 11.4. The highest BCUT2D eigenvalue weighted by Gasteiger charge is 2.26. The first-order valence-corrected chi connectivity index (χ1v) is 19.8. The van der Waals surface area contributed by atoms with E-state index in [2.05, 4.69) is 229 Å². The topological polar surface area (TPSA) is 16.4 Å². The molecule has 0 unspecified atom stereocenters. The Morgan fingerprint density at radius 3 is 1.60 bits per heavy atom. The van der Waals surface area contributed by atoms with Crippen molar-refractivity contribution in [2.75, 3.05) is 4.90 Å². The van der Waals surface area contributed by atoms with E-state index in [4.69, 9.17) is 4.42 Å². The Kier molecular flexibility index (Phi) is 8.19. The van der Waals surface area contributed by atoms with Gasteiger partial charge in [0.05, 0.1) is 22.4 Å². The van der Waals surface area contributed by atoms with Gasteiger partial charge in [-0.25, -0.2) is 0 Å². The third kappa shape index (κ3) is 5.74. The first-order valence-electron chi connectivity index (χ1n) is 19.8. The average Bonchev–Trinajstić information content (AvgIpc) is 3.70. The van der Waals surface area contributed by atoms with Gasteiger partial charge < -0.3 is 9.32 Å². The van der Waals surface area contributed by atoms with E-state index in [1.165, 1.54) is 38.2 Å². The summed E-state index contributed by atoms with van der Waals surface area (Å²) < 4.78 is 6.94. The summed E-state index contributed by atoms with van der Waals surface area (Å²) in [6.45, 7) is 0. The molecule has 0 atom stereocenters. The van der Waals surface area contributed by atoms with E-state index >= 15 is 0 Å². The molecule has 11 rings (SSSR count). The quantitative estimate of drug-likeness (QED) is 0.151. The van der Waals surface area contributed by atoms with Crippen LogP contribution in [0.1, 0.15) is 0 Å². The molecule has 10 aromatic carbocycles. The highest BCUT2D eigenvalue weighted by atomic mass is 16.3. The van der Waals surface area contributed by atoms with Gasteiger partial charge in [0.25, 0.3) is 0 Å². The molecule has 0 amide bonds. The third-order valence-corrected chi connectivity index (χ3v) is 11.5. The first kappa shape index (κ1) is 33.6. The fourth-order valence-corrected chi connectivity index (χ4v) is 8.69. The lowest BCUT2D eigenvalue weighted by molar-refractivity contribution is 0.670. The summed E-state index contributed by atoms with van der Waals surface area (Å²) in [5.41, 5.74) is 14.1. The van der Waals surface area contributed by atoms with Crippen molar-refractivity contribution >= 4 is 60.5 Å². The van der Waals surface area contributed by atoms with Crippen LogP contribution in [0.25, 0.3) is 88.0 Å². The number of hydrogen-bond donors (Lipinski definition) is 0. The number of para-hydroxylation sites is 1. The standard InChI is InChI=1S/C56H37NO/c1-4-15-38(16-5-1)40-27-29-43(30-28-40)47-35-36-52(55-50-23-12-13-26-54(50)58-56(47)55)57(51-25-14-24-48-45-22-11-10-21-42(45)31-34-49(48)51)53-37-44(39-17-6-2-7-18-39)32-33-46(53)41-19-8-3-9-20-41/h1-37H. The molecular formula is C56H37NO. The van der Waals surface area contributed by atoms with Gasteiger partial charge in [0.1, 0.15) is 11.2 Å². The Hall–Kier alpha value is -7.68. The molecule has 0 saturated carbocycles. The predicted octanol–water partition coefficient (Wildman–Crippen LogP) is 16.0. The molecule has 272 valence electrons. The zero-order valence-electron chi connectivity index (χ0n) is 31.7. The number of fused-ring (bicyclic) bond motifs is 6. The monoisotopic (exact) mass is 739 g/mol. The van der Waals surface area contributed by atoms with Crippen LogP contribution in [-0.2, 0) is 0 Å². The summed E-state index contributed by atoms with van der Waals surface area (Å²) in [5, 5.41) is 6.99. The average molecular weight is 740 g/mol. The lowest BCUT2D eigenvalue weighted by Crippen LogP contribution is -2.12. The van der Waals surface area contributed by atoms with Crippen molar-refractivity contribution < 1.29 is 4.42 Å². The summed E-state index contributed by atoms with van der Waals surface area (Å²) in [4.78, 5) is 2.48.